The van der Waals surface area contributed by atoms with E-state index in [1.54, 1.807) is 0 Å². The van der Waals surface area contributed by atoms with E-state index in [1.165, 1.54) is 44.9 Å². The largest absolute Gasteiger partial charge is 0.381 e. The highest BCUT2D eigenvalue weighted by atomic mass is 16.5. The number of rotatable bonds is 3. The van der Waals surface area contributed by atoms with Crippen LogP contribution in [-0.2, 0) is 4.74 Å². The molecular weight excluding hydrogens is 212 g/mol. The van der Waals surface area contributed by atoms with Gasteiger partial charge in [0, 0.05) is 31.3 Å². The highest BCUT2D eigenvalue weighted by Crippen LogP contribution is 2.25. The van der Waals surface area contributed by atoms with E-state index >= 15 is 0 Å². The molecule has 1 heterocycles. The summed E-state index contributed by atoms with van der Waals surface area (Å²) in [5, 5.41) is 3.54. The molecule has 2 atom stereocenters. The van der Waals surface area contributed by atoms with Crippen molar-refractivity contribution in [2.24, 2.45) is 0 Å². The quantitative estimate of drug-likeness (QED) is 0.764. The summed E-state index contributed by atoms with van der Waals surface area (Å²) >= 11 is 0. The maximum Gasteiger partial charge on any atom is 0.0480 e. The Morgan fingerprint density at radius 1 is 1.00 bits per heavy atom. The number of nitrogens with zero attached hydrogens (tertiary/aromatic N) is 1. The summed E-state index contributed by atoms with van der Waals surface area (Å²) in [4.78, 5) is 2.65. The lowest BCUT2D eigenvalue weighted by Crippen LogP contribution is -2.51. The first-order chi connectivity index (χ1) is 8.33. The maximum atomic E-state index is 5.47. The fourth-order valence-corrected chi connectivity index (χ4v) is 3.48. The van der Waals surface area contributed by atoms with Gasteiger partial charge in [0.2, 0.25) is 0 Å². The minimum Gasteiger partial charge on any atom is -0.381 e. The molecule has 2 unspecified atom stereocenters. The topological polar surface area (TPSA) is 24.5 Å². The van der Waals surface area contributed by atoms with E-state index < -0.39 is 0 Å². The molecule has 1 saturated carbocycles. The molecule has 1 aliphatic carbocycles. The van der Waals surface area contributed by atoms with Crippen molar-refractivity contribution >= 4 is 0 Å². The van der Waals surface area contributed by atoms with Crippen molar-refractivity contribution in [3.63, 3.8) is 0 Å². The molecule has 0 spiro atoms. The second-order valence-electron chi connectivity index (χ2n) is 5.61. The minimum absolute atomic E-state index is 0.686. The maximum absolute atomic E-state index is 5.47. The Balaban J connectivity index is 1.95. The van der Waals surface area contributed by atoms with Crippen LogP contribution in [0.25, 0.3) is 0 Å². The average Bonchev–Trinajstić information content (AvgIpc) is 2.64. The first kappa shape index (κ1) is 13.3. The zero-order chi connectivity index (χ0) is 12.1. The second kappa shape index (κ2) is 6.72. The van der Waals surface area contributed by atoms with Crippen LogP contribution in [0.4, 0.5) is 0 Å². The fourth-order valence-electron chi connectivity index (χ4n) is 3.48. The van der Waals surface area contributed by atoms with Crippen molar-refractivity contribution < 1.29 is 4.74 Å². The van der Waals surface area contributed by atoms with Crippen molar-refractivity contribution in [3.8, 4) is 0 Å². The third kappa shape index (κ3) is 3.43. The van der Waals surface area contributed by atoms with Gasteiger partial charge in [0.05, 0.1) is 0 Å². The Labute approximate surface area is 106 Å². The van der Waals surface area contributed by atoms with Crippen molar-refractivity contribution in [3.05, 3.63) is 0 Å². The van der Waals surface area contributed by atoms with Gasteiger partial charge in [-0.3, -0.25) is 4.90 Å². The Kier molecular flexibility index (Phi) is 5.26. The van der Waals surface area contributed by atoms with Gasteiger partial charge in [-0.05, 0) is 39.8 Å². The van der Waals surface area contributed by atoms with Gasteiger partial charge in [-0.25, -0.2) is 0 Å². The molecule has 2 aliphatic rings. The summed E-state index contributed by atoms with van der Waals surface area (Å²) in [6.07, 6.45) is 9.33. The lowest BCUT2D eigenvalue weighted by molar-refractivity contribution is 0.0207. The average molecular weight is 240 g/mol. The Morgan fingerprint density at radius 2 is 1.71 bits per heavy atom. The van der Waals surface area contributed by atoms with Gasteiger partial charge in [-0.15, -0.1) is 0 Å². The van der Waals surface area contributed by atoms with Gasteiger partial charge in [0.15, 0.2) is 0 Å². The second-order valence-corrected chi connectivity index (χ2v) is 5.61. The molecule has 3 heteroatoms. The normalized spacial score (nSPS) is 32.6. The van der Waals surface area contributed by atoms with Gasteiger partial charge in [-0.2, -0.15) is 0 Å². The highest BCUT2D eigenvalue weighted by Gasteiger charge is 2.30. The van der Waals surface area contributed by atoms with Gasteiger partial charge in [0.25, 0.3) is 0 Å². The van der Waals surface area contributed by atoms with E-state index in [4.69, 9.17) is 4.74 Å². The van der Waals surface area contributed by atoms with Crippen LogP contribution in [0.2, 0.25) is 0 Å². The molecule has 0 radical (unpaired) electrons. The minimum atomic E-state index is 0.686. The predicted molar refractivity (Wildman–Crippen MR) is 71.3 cm³/mol. The summed E-state index contributed by atoms with van der Waals surface area (Å²) in [6.45, 7) is 1.90. The van der Waals surface area contributed by atoms with Crippen LogP contribution < -0.4 is 5.32 Å². The van der Waals surface area contributed by atoms with E-state index in [0.717, 1.165) is 25.3 Å². The zero-order valence-electron chi connectivity index (χ0n) is 11.5. The van der Waals surface area contributed by atoms with Crippen LogP contribution in [0.15, 0.2) is 0 Å². The fraction of sp³-hybridized carbons (Fsp3) is 1.00. The Morgan fingerprint density at radius 3 is 2.41 bits per heavy atom. The summed E-state index contributed by atoms with van der Waals surface area (Å²) in [5.41, 5.74) is 0. The van der Waals surface area contributed by atoms with Crippen LogP contribution in [0.3, 0.4) is 0 Å². The third-order valence-corrected chi connectivity index (χ3v) is 4.64. The summed E-state index contributed by atoms with van der Waals surface area (Å²) < 4.78 is 5.47. The van der Waals surface area contributed by atoms with E-state index in [9.17, 15) is 0 Å². The summed E-state index contributed by atoms with van der Waals surface area (Å²) in [5.74, 6) is 0. The standard InChI is InChI=1S/C14H28N2O/c1-15-13-6-4-3-5-7-14(13)16(2)12-8-10-17-11-9-12/h12-15H,3-11H2,1-2H3. The summed E-state index contributed by atoms with van der Waals surface area (Å²) in [6, 6.07) is 2.15. The lowest BCUT2D eigenvalue weighted by atomic mass is 9.97. The van der Waals surface area contributed by atoms with Crippen molar-refractivity contribution in [2.75, 3.05) is 27.3 Å². The number of hydrogen-bond acceptors (Lipinski definition) is 3. The van der Waals surface area contributed by atoms with E-state index in [2.05, 4.69) is 24.3 Å². The Bertz CT molecular complexity index is 216. The number of hydrogen-bond donors (Lipinski definition) is 1. The molecule has 1 N–H and O–H groups in total. The molecule has 1 aliphatic heterocycles. The van der Waals surface area contributed by atoms with Gasteiger partial charge in [-0.1, -0.05) is 19.3 Å². The molecule has 3 nitrogen and oxygen atoms in total. The summed E-state index contributed by atoms with van der Waals surface area (Å²) in [7, 11) is 4.46. The molecule has 100 valence electrons. The van der Waals surface area contributed by atoms with Gasteiger partial charge < -0.3 is 10.1 Å². The molecule has 0 bridgehead atoms. The van der Waals surface area contributed by atoms with Crippen molar-refractivity contribution in [1.82, 2.24) is 10.2 Å². The first-order valence-electron chi connectivity index (χ1n) is 7.30. The number of ether oxygens (including phenoxy) is 1. The zero-order valence-corrected chi connectivity index (χ0v) is 11.5. The molecule has 2 fully saturated rings. The predicted octanol–water partition coefficient (Wildman–Crippen LogP) is 2.02. The first-order valence-corrected chi connectivity index (χ1v) is 7.30. The third-order valence-electron chi connectivity index (χ3n) is 4.64. The van der Waals surface area contributed by atoms with Gasteiger partial charge in [0.1, 0.15) is 0 Å². The number of nitrogens with one attached hydrogen (secondary N) is 1. The van der Waals surface area contributed by atoms with E-state index in [-0.39, 0.29) is 0 Å². The van der Waals surface area contributed by atoms with Crippen molar-refractivity contribution in [1.29, 1.82) is 0 Å². The highest BCUT2D eigenvalue weighted by molar-refractivity contribution is 4.88. The number of likely N-dealkylation sites (N-methyl/N-ethyl adjacent to an activating group) is 2. The molecule has 17 heavy (non-hydrogen) atoms. The molecule has 2 rings (SSSR count). The van der Waals surface area contributed by atoms with Crippen LogP contribution in [-0.4, -0.2) is 50.3 Å². The molecule has 0 aromatic rings. The SMILES string of the molecule is CNC1CCCCCC1N(C)C1CCOCC1. The van der Waals surface area contributed by atoms with Crippen LogP contribution >= 0.6 is 0 Å². The molecule has 0 aromatic carbocycles. The monoisotopic (exact) mass is 240 g/mol. The van der Waals surface area contributed by atoms with Crippen LogP contribution in [0.1, 0.15) is 44.9 Å². The van der Waals surface area contributed by atoms with Crippen molar-refractivity contribution in [2.45, 2.75) is 63.1 Å². The van der Waals surface area contributed by atoms with Gasteiger partial charge >= 0.3 is 0 Å². The Hall–Kier alpha value is -0.120. The lowest BCUT2D eigenvalue weighted by Gasteiger charge is -2.40. The smallest absolute Gasteiger partial charge is 0.0480 e. The molecule has 1 saturated heterocycles. The van der Waals surface area contributed by atoms with Crippen LogP contribution in [0, 0.1) is 0 Å². The molecule has 0 amide bonds. The van der Waals surface area contributed by atoms with Crippen LogP contribution in [0.5, 0.6) is 0 Å². The molecular formula is C14H28N2O. The molecule has 0 aromatic heterocycles. The van der Waals surface area contributed by atoms with E-state index in [1.807, 2.05) is 0 Å². The van der Waals surface area contributed by atoms with E-state index in [0.29, 0.717) is 6.04 Å².